The third kappa shape index (κ3) is 5.97. The topological polar surface area (TPSA) is 46.5 Å². The van der Waals surface area contributed by atoms with Crippen LogP contribution >= 0.6 is 0 Å². The van der Waals surface area contributed by atoms with Gasteiger partial charge in [-0.05, 0) is 50.8 Å². The standard InChI is InChI=1S/C26H31N3O/c1-5-6-10-26(27-4)23-9-7-8-19(2)24(23)18-30-29-20(3)25-16-15-22(17-28-25)14-13-21-11-12-21/h7-10,15-17,21,27H,5-6,11-12,18H2,1-4H3/b26-10-,29-20+. The van der Waals surface area contributed by atoms with E-state index in [1.165, 1.54) is 18.4 Å². The fourth-order valence-electron chi connectivity index (χ4n) is 3.12. The molecule has 1 heterocycles. The fraction of sp³-hybridized carbons (Fsp3) is 0.385. The lowest BCUT2D eigenvalue weighted by Crippen LogP contribution is -2.09. The van der Waals surface area contributed by atoms with Gasteiger partial charge >= 0.3 is 0 Å². The van der Waals surface area contributed by atoms with Gasteiger partial charge in [0.25, 0.3) is 0 Å². The van der Waals surface area contributed by atoms with Crippen molar-refractivity contribution in [2.75, 3.05) is 7.05 Å². The van der Waals surface area contributed by atoms with Gasteiger partial charge in [-0.15, -0.1) is 0 Å². The van der Waals surface area contributed by atoms with E-state index in [2.05, 4.69) is 65.4 Å². The first-order valence-corrected chi connectivity index (χ1v) is 10.7. The van der Waals surface area contributed by atoms with Crippen molar-refractivity contribution in [2.45, 2.75) is 53.1 Å². The smallest absolute Gasteiger partial charge is 0.143 e. The van der Waals surface area contributed by atoms with Crippen LogP contribution in [0.15, 0.2) is 47.8 Å². The first-order valence-electron chi connectivity index (χ1n) is 10.7. The van der Waals surface area contributed by atoms with Crippen LogP contribution in [0.1, 0.15) is 67.5 Å². The predicted octanol–water partition coefficient (Wildman–Crippen LogP) is 5.45. The Kier molecular flexibility index (Phi) is 7.68. The maximum atomic E-state index is 5.74. The summed E-state index contributed by atoms with van der Waals surface area (Å²) in [6.45, 7) is 6.61. The molecule has 1 fully saturated rings. The molecule has 0 aliphatic heterocycles. The molecule has 4 nitrogen and oxygen atoms in total. The summed E-state index contributed by atoms with van der Waals surface area (Å²) in [7, 11) is 1.96. The Bertz CT molecular complexity index is 974. The van der Waals surface area contributed by atoms with Gasteiger partial charge in [-0.1, -0.05) is 54.6 Å². The summed E-state index contributed by atoms with van der Waals surface area (Å²) in [5, 5.41) is 7.63. The molecule has 3 rings (SSSR count). The first kappa shape index (κ1) is 21.6. The van der Waals surface area contributed by atoms with Gasteiger partial charge in [-0.25, -0.2) is 0 Å². The molecule has 1 aliphatic rings. The van der Waals surface area contributed by atoms with Crippen molar-refractivity contribution in [1.29, 1.82) is 0 Å². The Morgan fingerprint density at radius 2 is 2.13 bits per heavy atom. The van der Waals surface area contributed by atoms with Crippen LogP contribution in [0.4, 0.5) is 0 Å². The number of unbranched alkanes of at least 4 members (excludes halogenated alkanes) is 1. The number of benzene rings is 1. The zero-order valence-corrected chi connectivity index (χ0v) is 18.5. The van der Waals surface area contributed by atoms with Crippen molar-refractivity contribution in [2.24, 2.45) is 11.1 Å². The summed E-state index contributed by atoms with van der Waals surface area (Å²) in [5.41, 5.74) is 7.12. The Morgan fingerprint density at radius 3 is 2.80 bits per heavy atom. The molecule has 0 unspecified atom stereocenters. The predicted molar refractivity (Wildman–Crippen MR) is 124 cm³/mol. The summed E-state index contributed by atoms with van der Waals surface area (Å²) in [4.78, 5) is 10.2. The number of pyridine rings is 1. The molecule has 1 aromatic carbocycles. The lowest BCUT2D eigenvalue weighted by molar-refractivity contribution is 0.130. The van der Waals surface area contributed by atoms with Gasteiger partial charge in [0.15, 0.2) is 0 Å². The highest BCUT2D eigenvalue weighted by Gasteiger charge is 2.17. The van der Waals surface area contributed by atoms with E-state index in [0.29, 0.717) is 12.5 Å². The third-order valence-electron chi connectivity index (χ3n) is 5.15. The largest absolute Gasteiger partial charge is 0.391 e. The Hall–Kier alpha value is -3.06. The lowest BCUT2D eigenvalue weighted by Gasteiger charge is -2.15. The van der Waals surface area contributed by atoms with Crippen molar-refractivity contribution in [1.82, 2.24) is 10.3 Å². The van der Waals surface area contributed by atoms with Gasteiger partial charge in [-0.2, -0.15) is 0 Å². The molecule has 0 amide bonds. The van der Waals surface area contributed by atoms with Gasteiger partial charge in [-0.3, -0.25) is 4.98 Å². The Morgan fingerprint density at radius 1 is 1.30 bits per heavy atom. The van der Waals surface area contributed by atoms with Crippen LogP contribution in [0.2, 0.25) is 0 Å². The number of rotatable bonds is 8. The number of hydrogen-bond acceptors (Lipinski definition) is 4. The van der Waals surface area contributed by atoms with Gasteiger partial charge in [0, 0.05) is 41.5 Å². The minimum absolute atomic E-state index is 0.412. The summed E-state index contributed by atoms with van der Waals surface area (Å²) in [6, 6.07) is 10.3. The average Bonchev–Trinajstić information content (AvgIpc) is 3.59. The minimum atomic E-state index is 0.412. The van der Waals surface area contributed by atoms with Crippen molar-refractivity contribution >= 4 is 11.4 Å². The first-order chi connectivity index (χ1) is 14.6. The van der Waals surface area contributed by atoms with Crippen LogP contribution < -0.4 is 5.32 Å². The third-order valence-corrected chi connectivity index (χ3v) is 5.15. The normalized spacial score (nSPS) is 14.1. The van der Waals surface area contributed by atoms with Gasteiger partial charge in [0.05, 0.1) is 5.69 Å². The van der Waals surface area contributed by atoms with Crippen LogP contribution in [0.5, 0.6) is 0 Å². The molecule has 1 saturated carbocycles. The number of aryl methyl sites for hydroxylation is 1. The highest BCUT2D eigenvalue weighted by atomic mass is 16.6. The Labute approximate surface area is 180 Å². The van der Waals surface area contributed by atoms with E-state index in [1.54, 1.807) is 6.20 Å². The number of aromatic nitrogens is 1. The van der Waals surface area contributed by atoms with Crippen molar-refractivity contribution in [3.8, 4) is 11.8 Å². The molecule has 2 aromatic rings. The van der Waals surface area contributed by atoms with Gasteiger partial charge in [0.2, 0.25) is 0 Å². The highest BCUT2D eigenvalue weighted by Crippen LogP contribution is 2.27. The van der Waals surface area contributed by atoms with E-state index < -0.39 is 0 Å². The molecule has 1 aliphatic carbocycles. The monoisotopic (exact) mass is 401 g/mol. The van der Waals surface area contributed by atoms with Crippen molar-refractivity contribution in [3.63, 3.8) is 0 Å². The summed E-state index contributed by atoms with van der Waals surface area (Å²) < 4.78 is 0. The van der Waals surface area contributed by atoms with E-state index in [9.17, 15) is 0 Å². The van der Waals surface area contributed by atoms with Crippen LogP contribution in [-0.4, -0.2) is 17.7 Å². The summed E-state index contributed by atoms with van der Waals surface area (Å²) >= 11 is 0. The van der Waals surface area contributed by atoms with Crippen LogP contribution in [0, 0.1) is 24.7 Å². The van der Waals surface area contributed by atoms with Crippen molar-refractivity contribution < 1.29 is 4.84 Å². The number of allylic oxidation sites excluding steroid dienone is 1. The molecular formula is C26H31N3O. The summed E-state index contributed by atoms with van der Waals surface area (Å²) in [6.07, 6.45) is 8.66. The van der Waals surface area contributed by atoms with E-state index in [1.807, 2.05) is 26.1 Å². The molecule has 1 aromatic heterocycles. The summed E-state index contributed by atoms with van der Waals surface area (Å²) in [5.74, 6) is 7.03. The molecule has 1 N–H and O–H groups in total. The minimum Gasteiger partial charge on any atom is -0.391 e. The van der Waals surface area contributed by atoms with E-state index >= 15 is 0 Å². The molecular weight excluding hydrogens is 370 g/mol. The molecule has 30 heavy (non-hydrogen) atoms. The van der Waals surface area contributed by atoms with E-state index in [0.717, 1.165) is 46.6 Å². The van der Waals surface area contributed by atoms with Crippen LogP contribution in [0.25, 0.3) is 5.70 Å². The maximum Gasteiger partial charge on any atom is 0.143 e. The SMILES string of the molecule is CCC/C=C(\NC)c1cccc(C)c1CO/N=C(\C)c1ccc(C#CC2CC2)cn1. The maximum absolute atomic E-state index is 5.74. The average molecular weight is 402 g/mol. The zero-order chi connectivity index (χ0) is 21.3. The van der Waals surface area contributed by atoms with Crippen molar-refractivity contribution in [3.05, 3.63) is 70.6 Å². The molecule has 0 spiro atoms. The van der Waals surface area contributed by atoms with Crippen LogP contribution in [-0.2, 0) is 11.4 Å². The molecule has 0 saturated heterocycles. The molecule has 4 heteroatoms. The zero-order valence-electron chi connectivity index (χ0n) is 18.5. The molecule has 156 valence electrons. The second-order valence-corrected chi connectivity index (χ2v) is 7.68. The second-order valence-electron chi connectivity index (χ2n) is 7.68. The van der Waals surface area contributed by atoms with Gasteiger partial charge in [0.1, 0.15) is 12.3 Å². The van der Waals surface area contributed by atoms with E-state index in [-0.39, 0.29) is 0 Å². The quantitative estimate of drug-likeness (QED) is 0.363. The number of oxime groups is 1. The second kappa shape index (κ2) is 10.6. The molecule has 0 atom stereocenters. The number of nitrogens with zero attached hydrogens (tertiary/aromatic N) is 2. The number of nitrogens with one attached hydrogen (secondary N) is 1. The lowest BCUT2D eigenvalue weighted by atomic mass is 9.99. The van der Waals surface area contributed by atoms with E-state index in [4.69, 9.17) is 4.84 Å². The van der Waals surface area contributed by atoms with Crippen LogP contribution in [0.3, 0.4) is 0 Å². The molecule has 0 bridgehead atoms. The fourth-order valence-corrected chi connectivity index (χ4v) is 3.12. The Balaban J connectivity index is 1.69. The highest BCUT2D eigenvalue weighted by molar-refractivity contribution is 5.96. The van der Waals surface area contributed by atoms with Gasteiger partial charge < -0.3 is 10.2 Å². The molecule has 0 radical (unpaired) electrons. The number of hydrogen-bond donors (Lipinski definition) is 1.